The van der Waals surface area contributed by atoms with Crippen molar-refractivity contribution >= 4 is 11.6 Å². The van der Waals surface area contributed by atoms with E-state index in [0.717, 1.165) is 23.1 Å². The summed E-state index contributed by atoms with van der Waals surface area (Å²) in [6, 6.07) is 6.41. The van der Waals surface area contributed by atoms with Gasteiger partial charge in [-0.05, 0) is 47.8 Å². The van der Waals surface area contributed by atoms with Gasteiger partial charge in [0.15, 0.2) is 0 Å². The molecule has 2 aliphatic carbocycles. The van der Waals surface area contributed by atoms with Crippen molar-refractivity contribution in [2.24, 2.45) is 23.5 Å². The summed E-state index contributed by atoms with van der Waals surface area (Å²) in [6.45, 7) is 0. The molecule has 1 aromatic carbocycles. The molecule has 2 fully saturated rings. The monoisotopic (exact) mass is 256 g/mol. The number of rotatable bonds is 2. The van der Waals surface area contributed by atoms with Gasteiger partial charge < -0.3 is 11.1 Å². The average molecular weight is 256 g/mol. The highest BCUT2D eigenvalue weighted by Crippen LogP contribution is 2.59. The van der Waals surface area contributed by atoms with Gasteiger partial charge in [-0.1, -0.05) is 25.0 Å². The maximum Gasteiger partial charge on any atom is 0.228 e. The predicted molar refractivity (Wildman–Crippen MR) is 74.6 cm³/mol. The van der Waals surface area contributed by atoms with Crippen LogP contribution in [0.15, 0.2) is 18.2 Å². The number of benzene rings is 1. The molecular weight excluding hydrogens is 236 g/mol. The van der Waals surface area contributed by atoms with Crippen LogP contribution < -0.4 is 11.1 Å². The molecular formula is C16H20N2O. The first-order valence-electron chi connectivity index (χ1n) is 7.42. The van der Waals surface area contributed by atoms with Crippen molar-refractivity contribution in [2.75, 3.05) is 5.32 Å². The van der Waals surface area contributed by atoms with Crippen molar-refractivity contribution in [3.05, 3.63) is 29.3 Å². The van der Waals surface area contributed by atoms with Crippen LogP contribution >= 0.6 is 0 Å². The van der Waals surface area contributed by atoms with E-state index in [4.69, 9.17) is 5.73 Å². The minimum absolute atomic E-state index is 0.0980. The van der Waals surface area contributed by atoms with E-state index in [0.29, 0.717) is 12.3 Å². The number of hydrogen-bond donors (Lipinski definition) is 2. The molecule has 3 aliphatic rings. The second-order valence-corrected chi connectivity index (χ2v) is 6.36. The van der Waals surface area contributed by atoms with Gasteiger partial charge in [0.2, 0.25) is 5.91 Å². The third-order valence-electron chi connectivity index (χ3n) is 5.28. The van der Waals surface area contributed by atoms with Crippen LogP contribution in [-0.2, 0) is 11.2 Å². The predicted octanol–water partition coefficient (Wildman–Crippen LogP) is 2.62. The second-order valence-electron chi connectivity index (χ2n) is 6.36. The van der Waals surface area contributed by atoms with Crippen molar-refractivity contribution in [3.8, 4) is 0 Å². The number of nitrogens with two attached hydrogens (primary N) is 1. The van der Waals surface area contributed by atoms with Gasteiger partial charge >= 0.3 is 0 Å². The van der Waals surface area contributed by atoms with Gasteiger partial charge in [0.25, 0.3) is 0 Å². The van der Waals surface area contributed by atoms with Crippen LogP contribution in [0.2, 0.25) is 0 Å². The number of hydrogen-bond acceptors (Lipinski definition) is 2. The second kappa shape index (κ2) is 4.07. The van der Waals surface area contributed by atoms with Crippen molar-refractivity contribution in [2.45, 2.75) is 38.1 Å². The Morgan fingerprint density at radius 2 is 1.95 bits per heavy atom. The van der Waals surface area contributed by atoms with Gasteiger partial charge in [0, 0.05) is 11.7 Å². The third-order valence-corrected chi connectivity index (χ3v) is 5.28. The Labute approximate surface area is 113 Å². The lowest BCUT2D eigenvalue weighted by atomic mass is 9.98. The lowest BCUT2D eigenvalue weighted by molar-refractivity contribution is -0.115. The maximum atomic E-state index is 11.4. The first-order chi connectivity index (χ1) is 9.24. The molecule has 19 heavy (non-hydrogen) atoms. The first kappa shape index (κ1) is 11.5. The molecule has 0 aromatic heterocycles. The molecule has 3 atom stereocenters. The Balaban J connectivity index is 1.56. The molecule has 0 saturated heterocycles. The minimum atomic E-state index is 0.0980. The molecule has 1 aliphatic heterocycles. The first-order valence-corrected chi connectivity index (χ1v) is 7.42. The summed E-state index contributed by atoms with van der Waals surface area (Å²) in [4.78, 5) is 11.4. The van der Waals surface area contributed by atoms with Crippen molar-refractivity contribution in [1.82, 2.24) is 0 Å². The van der Waals surface area contributed by atoms with E-state index in [1.54, 1.807) is 0 Å². The molecule has 0 radical (unpaired) electrons. The summed E-state index contributed by atoms with van der Waals surface area (Å²) in [6.07, 6.45) is 6.01. The van der Waals surface area contributed by atoms with Crippen LogP contribution in [0, 0.1) is 17.8 Å². The largest absolute Gasteiger partial charge is 0.326 e. The molecule has 1 amide bonds. The molecule has 2 saturated carbocycles. The molecule has 3 nitrogen and oxygen atoms in total. The smallest absolute Gasteiger partial charge is 0.228 e. The summed E-state index contributed by atoms with van der Waals surface area (Å²) in [7, 11) is 0. The number of carbonyl (C=O) groups excluding carboxylic acids is 1. The maximum absolute atomic E-state index is 11.4. The topological polar surface area (TPSA) is 55.1 Å². The lowest BCUT2D eigenvalue weighted by Gasteiger charge is -2.13. The number of nitrogens with one attached hydrogen (secondary N) is 1. The summed E-state index contributed by atoms with van der Waals surface area (Å²) in [5.41, 5.74) is 9.78. The van der Waals surface area contributed by atoms with Gasteiger partial charge in [0.05, 0.1) is 6.42 Å². The van der Waals surface area contributed by atoms with Crippen LogP contribution in [0.3, 0.4) is 0 Å². The Kier molecular flexibility index (Phi) is 2.46. The fourth-order valence-corrected chi connectivity index (χ4v) is 4.26. The van der Waals surface area contributed by atoms with E-state index in [2.05, 4.69) is 17.4 Å². The lowest BCUT2D eigenvalue weighted by Crippen LogP contribution is -2.14. The highest BCUT2D eigenvalue weighted by molar-refractivity contribution is 5.99. The van der Waals surface area contributed by atoms with Crippen LogP contribution in [0.4, 0.5) is 5.69 Å². The Bertz CT molecular complexity index is 528. The minimum Gasteiger partial charge on any atom is -0.326 e. The summed E-state index contributed by atoms with van der Waals surface area (Å²) in [5.74, 6) is 2.53. The Morgan fingerprint density at radius 1 is 1.21 bits per heavy atom. The number of anilines is 1. The van der Waals surface area contributed by atoms with Crippen LogP contribution in [0.1, 0.15) is 42.9 Å². The van der Waals surface area contributed by atoms with Gasteiger partial charge in [-0.2, -0.15) is 0 Å². The van der Waals surface area contributed by atoms with E-state index in [9.17, 15) is 4.79 Å². The molecule has 0 spiro atoms. The van der Waals surface area contributed by atoms with Gasteiger partial charge in [-0.3, -0.25) is 4.79 Å². The Hall–Kier alpha value is -1.35. The van der Waals surface area contributed by atoms with E-state index in [-0.39, 0.29) is 11.9 Å². The summed E-state index contributed by atoms with van der Waals surface area (Å²) in [5, 5.41) is 2.88. The van der Waals surface area contributed by atoms with Crippen LogP contribution in [0.25, 0.3) is 0 Å². The molecule has 1 heterocycles. The normalized spacial score (nSPS) is 33.3. The summed E-state index contributed by atoms with van der Waals surface area (Å²) < 4.78 is 0. The zero-order valence-corrected chi connectivity index (χ0v) is 11.1. The highest BCUT2D eigenvalue weighted by atomic mass is 16.1. The fourth-order valence-electron chi connectivity index (χ4n) is 4.26. The molecule has 0 bridgehead atoms. The SMILES string of the molecule is NC(c1ccc2c(c1)CC(=O)N2)C1C2CCCCC21. The average Bonchev–Trinajstić information content (AvgIpc) is 3.02. The van der Waals surface area contributed by atoms with E-state index < -0.39 is 0 Å². The third kappa shape index (κ3) is 1.79. The van der Waals surface area contributed by atoms with Crippen LogP contribution in [0.5, 0.6) is 0 Å². The van der Waals surface area contributed by atoms with Crippen molar-refractivity contribution in [3.63, 3.8) is 0 Å². The van der Waals surface area contributed by atoms with E-state index >= 15 is 0 Å². The molecule has 3 N–H and O–H groups in total. The van der Waals surface area contributed by atoms with Gasteiger partial charge in [-0.25, -0.2) is 0 Å². The fraction of sp³-hybridized carbons (Fsp3) is 0.562. The molecule has 100 valence electrons. The quantitative estimate of drug-likeness (QED) is 0.854. The van der Waals surface area contributed by atoms with Crippen LogP contribution in [-0.4, -0.2) is 5.91 Å². The molecule has 3 heteroatoms. The molecule has 3 unspecified atom stereocenters. The number of carbonyl (C=O) groups is 1. The highest BCUT2D eigenvalue weighted by Gasteiger charge is 2.53. The molecule has 1 aromatic rings. The number of fused-ring (bicyclic) bond motifs is 2. The van der Waals surface area contributed by atoms with Crippen molar-refractivity contribution in [1.29, 1.82) is 0 Å². The molecule has 4 rings (SSSR count). The van der Waals surface area contributed by atoms with Gasteiger partial charge in [-0.15, -0.1) is 0 Å². The zero-order valence-electron chi connectivity index (χ0n) is 11.1. The zero-order chi connectivity index (χ0) is 13.0. The van der Waals surface area contributed by atoms with E-state index in [1.165, 1.54) is 31.2 Å². The number of amides is 1. The van der Waals surface area contributed by atoms with Gasteiger partial charge in [0.1, 0.15) is 0 Å². The van der Waals surface area contributed by atoms with Crippen molar-refractivity contribution < 1.29 is 4.79 Å². The summed E-state index contributed by atoms with van der Waals surface area (Å²) >= 11 is 0. The Morgan fingerprint density at radius 3 is 2.68 bits per heavy atom. The van der Waals surface area contributed by atoms with E-state index in [1.807, 2.05) is 6.07 Å². The standard InChI is InChI=1S/C16H20N2O/c17-16(15-11-3-1-2-4-12(11)15)9-5-6-13-10(7-9)8-14(19)18-13/h5-7,11-12,15-16H,1-4,8,17H2,(H,18,19).